The van der Waals surface area contributed by atoms with Crippen LogP contribution in [0.1, 0.15) is 31.9 Å². The Morgan fingerprint density at radius 3 is 2.52 bits per heavy atom. The molecule has 25 heavy (non-hydrogen) atoms. The highest BCUT2D eigenvalue weighted by Gasteiger charge is 2.19. The molecule has 0 spiro atoms. The normalized spacial score (nSPS) is 11.5. The number of anilines is 2. The molecule has 5 nitrogen and oxygen atoms in total. The molecule has 0 saturated heterocycles. The van der Waals surface area contributed by atoms with Crippen molar-refractivity contribution in [3.63, 3.8) is 0 Å². The van der Waals surface area contributed by atoms with Crippen LogP contribution in [0.25, 0.3) is 10.8 Å². The summed E-state index contributed by atoms with van der Waals surface area (Å²) in [7, 11) is 0. The maximum atomic E-state index is 8.56. The third-order valence-electron chi connectivity index (χ3n) is 3.87. The van der Waals surface area contributed by atoms with Gasteiger partial charge in [-0.3, -0.25) is 0 Å². The average Bonchev–Trinajstić information content (AvgIpc) is 2.53. The van der Waals surface area contributed by atoms with Crippen LogP contribution in [0.3, 0.4) is 0 Å². The van der Waals surface area contributed by atoms with E-state index >= 15 is 0 Å². The van der Waals surface area contributed by atoms with Gasteiger partial charge < -0.3 is 16.5 Å². The summed E-state index contributed by atoms with van der Waals surface area (Å²) in [5.41, 5.74) is 7.91. The minimum atomic E-state index is -0.182. The smallest absolute Gasteiger partial charge is 0.141 e. The standard InChI is InChI=1S/C20H23N5/c1-20(2,3)25-19-17(18(22)23-12-24-19)16(21)11-13-8-9-14-6-4-5-7-15(14)10-13/h4-10,12,21H,11H2,1-3H3,(H3,22,23,24,25). The van der Waals surface area contributed by atoms with E-state index in [2.05, 4.69) is 39.6 Å². The van der Waals surface area contributed by atoms with E-state index in [0.29, 0.717) is 29.3 Å². The summed E-state index contributed by atoms with van der Waals surface area (Å²) in [5.74, 6) is 0.929. The number of aromatic nitrogens is 2. The van der Waals surface area contributed by atoms with Crippen molar-refractivity contribution in [2.45, 2.75) is 32.7 Å². The third-order valence-corrected chi connectivity index (χ3v) is 3.87. The molecule has 0 atom stereocenters. The molecule has 128 valence electrons. The van der Waals surface area contributed by atoms with Crippen LogP contribution >= 0.6 is 0 Å². The van der Waals surface area contributed by atoms with Gasteiger partial charge in [0.1, 0.15) is 18.0 Å². The number of nitrogen functional groups attached to an aromatic ring is 1. The van der Waals surface area contributed by atoms with E-state index in [4.69, 9.17) is 11.1 Å². The minimum absolute atomic E-state index is 0.182. The zero-order chi connectivity index (χ0) is 18.0. The van der Waals surface area contributed by atoms with E-state index in [-0.39, 0.29) is 5.54 Å². The summed E-state index contributed by atoms with van der Waals surface area (Å²) in [6, 6.07) is 14.4. The molecular weight excluding hydrogens is 310 g/mol. The number of fused-ring (bicyclic) bond motifs is 1. The van der Waals surface area contributed by atoms with Gasteiger partial charge in [0.2, 0.25) is 0 Å². The van der Waals surface area contributed by atoms with Gasteiger partial charge in [0, 0.05) is 12.0 Å². The number of nitrogens with zero attached hydrogens (tertiary/aromatic N) is 2. The van der Waals surface area contributed by atoms with Crippen molar-refractivity contribution in [1.82, 2.24) is 9.97 Å². The Hall–Kier alpha value is -2.95. The Kier molecular flexibility index (Phi) is 4.40. The van der Waals surface area contributed by atoms with E-state index in [1.165, 1.54) is 11.7 Å². The molecule has 0 radical (unpaired) electrons. The fourth-order valence-corrected chi connectivity index (χ4v) is 2.79. The van der Waals surface area contributed by atoms with Gasteiger partial charge in [0.15, 0.2) is 0 Å². The quantitative estimate of drug-likeness (QED) is 0.629. The number of nitrogens with two attached hydrogens (primary N) is 1. The number of hydrogen-bond donors (Lipinski definition) is 3. The van der Waals surface area contributed by atoms with Crippen molar-refractivity contribution in [1.29, 1.82) is 5.41 Å². The zero-order valence-corrected chi connectivity index (χ0v) is 14.8. The molecule has 1 heterocycles. The molecule has 4 N–H and O–H groups in total. The van der Waals surface area contributed by atoms with Gasteiger partial charge in [-0.1, -0.05) is 42.5 Å². The summed E-state index contributed by atoms with van der Waals surface area (Å²) < 4.78 is 0. The summed E-state index contributed by atoms with van der Waals surface area (Å²) >= 11 is 0. The second kappa shape index (κ2) is 6.51. The largest absolute Gasteiger partial charge is 0.383 e. The van der Waals surface area contributed by atoms with Gasteiger partial charge in [0.05, 0.1) is 11.3 Å². The Bertz CT molecular complexity index is 925. The van der Waals surface area contributed by atoms with Gasteiger partial charge in [-0.2, -0.15) is 0 Å². The summed E-state index contributed by atoms with van der Waals surface area (Å²) in [5, 5.41) is 14.2. The first kappa shape index (κ1) is 16.9. The molecule has 0 fully saturated rings. The molecule has 5 heteroatoms. The molecule has 0 aliphatic heterocycles. The molecule has 3 rings (SSSR count). The van der Waals surface area contributed by atoms with Gasteiger partial charge in [-0.25, -0.2) is 9.97 Å². The molecular formula is C20H23N5. The predicted molar refractivity (Wildman–Crippen MR) is 104 cm³/mol. The highest BCUT2D eigenvalue weighted by Crippen LogP contribution is 2.24. The third kappa shape index (κ3) is 3.94. The van der Waals surface area contributed by atoms with E-state index < -0.39 is 0 Å². The topological polar surface area (TPSA) is 87.7 Å². The molecule has 1 aromatic heterocycles. The first-order valence-electron chi connectivity index (χ1n) is 8.27. The van der Waals surface area contributed by atoms with Gasteiger partial charge >= 0.3 is 0 Å². The van der Waals surface area contributed by atoms with Crippen LogP contribution in [-0.2, 0) is 6.42 Å². The van der Waals surface area contributed by atoms with Crippen LogP contribution in [0.15, 0.2) is 48.8 Å². The lowest BCUT2D eigenvalue weighted by Crippen LogP contribution is -2.28. The van der Waals surface area contributed by atoms with E-state index in [1.54, 1.807) is 0 Å². The second-order valence-electron chi connectivity index (χ2n) is 7.19. The average molecular weight is 333 g/mol. The molecule has 0 saturated carbocycles. The van der Waals surface area contributed by atoms with Crippen molar-refractivity contribution in [2.24, 2.45) is 0 Å². The Morgan fingerprint density at radius 1 is 1.08 bits per heavy atom. The van der Waals surface area contributed by atoms with Crippen LogP contribution in [0.5, 0.6) is 0 Å². The molecule has 3 aromatic rings. The van der Waals surface area contributed by atoms with Crippen molar-refractivity contribution >= 4 is 28.1 Å². The summed E-state index contributed by atoms with van der Waals surface area (Å²) in [6.45, 7) is 6.13. The van der Waals surface area contributed by atoms with Crippen LogP contribution in [0, 0.1) is 5.41 Å². The van der Waals surface area contributed by atoms with Crippen molar-refractivity contribution in [2.75, 3.05) is 11.1 Å². The molecule has 0 bridgehead atoms. The number of nitrogens with one attached hydrogen (secondary N) is 2. The molecule has 2 aromatic carbocycles. The van der Waals surface area contributed by atoms with E-state index in [9.17, 15) is 0 Å². The fraction of sp³-hybridized carbons (Fsp3) is 0.250. The Morgan fingerprint density at radius 2 is 1.80 bits per heavy atom. The summed E-state index contributed by atoms with van der Waals surface area (Å²) in [6.07, 6.45) is 1.90. The molecule has 0 amide bonds. The maximum absolute atomic E-state index is 8.56. The van der Waals surface area contributed by atoms with E-state index in [0.717, 1.165) is 10.9 Å². The van der Waals surface area contributed by atoms with Crippen molar-refractivity contribution < 1.29 is 0 Å². The van der Waals surface area contributed by atoms with Gasteiger partial charge in [-0.05, 0) is 37.1 Å². The van der Waals surface area contributed by atoms with Gasteiger partial charge in [0.25, 0.3) is 0 Å². The Balaban J connectivity index is 1.92. The lowest BCUT2D eigenvalue weighted by molar-refractivity contribution is 0.630. The lowest BCUT2D eigenvalue weighted by atomic mass is 9.99. The van der Waals surface area contributed by atoms with Crippen molar-refractivity contribution in [3.8, 4) is 0 Å². The first-order valence-corrected chi connectivity index (χ1v) is 8.27. The van der Waals surface area contributed by atoms with E-state index in [1.807, 2.05) is 39.0 Å². The maximum Gasteiger partial charge on any atom is 0.141 e. The van der Waals surface area contributed by atoms with Crippen molar-refractivity contribution in [3.05, 3.63) is 59.9 Å². The van der Waals surface area contributed by atoms with Crippen LogP contribution < -0.4 is 11.1 Å². The monoisotopic (exact) mass is 333 g/mol. The van der Waals surface area contributed by atoms with Gasteiger partial charge in [-0.15, -0.1) is 0 Å². The minimum Gasteiger partial charge on any atom is -0.383 e. The highest BCUT2D eigenvalue weighted by molar-refractivity contribution is 6.07. The fourth-order valence-electron chi connectivity index (χ4n) is 2.79. The predicted octanol–water partition coefficient (Wildman–Crippen LogP) is 4.03. The lowest BCUT2D eigenvalue weighted by Gasteiger charge is -2.23. The van der Waals surface area contributed by atoms with Crippen LogP contribution in [0.2, 0.25) is 0 Å². The number of hydrogen-bond acceptors (Lipinski definition) is 5. The highest BCUT2D eigenvalue weighted by atomic mass is 15.1. The van der Waals surface area contributed by atoms with Crippen LogP contribution in [0.4, 0.5) is 11.6 Å². The SMILES string of the molecule is CC(C)(C)Nc1ncnc(N)c1C(=N)Cc1ccc2ccccc2c1. The number of rotatable bonds is 4. The molecule has 0 aliphatic rings. The first-order chi connectivity index (χ1) is 11.8. The Labute approximate surface area is 147 Å². The zero-order valence-electron chi connectivity index (χ0n) is 14.8. The molecule has 0 unspecified atom stereocenters. The second-order valence-corrected chi connectivity index (χ2v) is 7.19. The number of benzene rings is 2. The molecule has 0 aliphatic carbocycles. The summed E-state index contributed by atoms with van der Waals surface area (Å²) in [4.78, 5) is 8.36. The van der Waals surface area contributed by atoms with Crippen LogP contribution in [-0.4, -0.2) is 21.2 Å².